The van der Waals surface area contributed by atoms with E-state index in [4.69, 9.17) is 0 Å². The summed E-state index contributed by atoms with van der Waals surface area (Å²) in [7, 11) is 3.81. The second-order valence-corrected chi connectivity index (χ2v) is 5.67. The van der Waals surface area contributed by atoms with Crippen molar-refractivity contribution in [1.82, 2.24) is 9.56 Å². The molecule has 0 atom stereocenters. The van der Waals surface area contributed by atoms with Gasteiger partial charge in [0.25, 0.3) is 5.69 Å². The third kappa shape index (κ3) is 1.94. The summed E-state index contributed by atoms with van der Waals surface area (Å²) in [4.78, 5) is 16.1. The lowest BCUT2D eigenvalue weighted by Crippen LogP contribution is -2.25. The third-order valence-corrected chi connectivity index (χ3v) is 4.25. The van der Waals surface area contributed by atoms with Crippen molar-refractivity contribution in [3.05, 3.63) is 51.9 Å². The Bertz CT molecular complexity index is 866. The number of nitro benzene ring substituents is 1. The number of aromatic nitrogens is 1. The van der Waals surface area contributed by atoms with Crippen LogP contribution in [0.25, 0.3) is 20.8 Å². The molecule has 2 aliphatic rings. The quantitative estimate of drug-likeness (QED) is 0.298. The molecule has 0 aromatic heterocycles. The van der Waals surface area contributed by atoms with Crippen LogP contribution in [0.3, 0.4) is 0 Å². The zero-order valence-electron chi connectivity index (χ0n) is 11.0. The number of hydrogen-bond acceptors (Lipinski definition) is 4. The summed E-state index contributed by atoms with van der Waals surface area (Å²) in [5, 5.41) is 12.1. The molecule has 0 saturated heterocycles. The van der Waals surface area contributed by atoms with E-state index in [1.807, 2.05) is 42.9 Å². The Morgan fingerprint density at radius 1 is 1.15 bits per heavy atom. The predicted molar refractivity (Wildman–Crippen MR) is 80.0 cm³/mol. The lowest BCUT2D eigenvalue weighted by atomic mass is 10.2. The first kappa shape index (κ1) is 12.7. The summed E-state index contributed by atoms with van der Waals surface area (Å²) in [6.07, 6.45) is 0. The molecule has 1 aliphatic heterocycles. The minimum atomic E-state index is -0.352. The van der Waals surface area contributed by atoms with Crippen LogP contribution in [0.2, 0.25) is 0 Å². The Morgan fingerprint density at radius 3 is 2.60 bits per heavy atom. The van der Waals surface area contributed by atoms with E-state index in [1.54, 1.807) is 12.1 Å². The number of benzene rings is 2. The van der Waals surface area contributed by atoms with E-state index in [1.165, 1.54) is 11.3 Å². The molecule has 0 saturated carbocycles. The smallest absolute Gasteiger partial charge is 0.258 e. The maximum Gasteiger partial charge on any atom is 0.289 e. The van der Waals surface area contributed by atoms with Crippen LogP contribution >= 0.6 is 11.3 Å². The van der Waals surface area contributed by atoms with Gasteiger partial charge >= 0.3 is 0 Å². The van der Waals surface area contributed by atoms with Crippen LogP contribution in [0.15, 0.2) is 36.4 Å². The fourth-order valence-corrected chi connectivity index (χ4v) is 3.21. The Hall–Kier alpha value is -2.34. The van der Waals surface area contributed by atoms with Crippen LogP contribution in [0.5, 0.6) is 0 Å². The van der Waals surface area contributed by atoms with Crippen LogP contribution < -0.4 is 9.93 Å². The largest absolute Gasteiger partial charge is 0.289 e. The van der Waals surface area contributed by atoms with E-state index < -0.39 is 0 Å². The summed E-state index contributed by atoms with van der Waals surface area (Å²) >= 11 is 1.41. The van der Waals surface area contributed by atoms with E-state index in [0.29, 0.717) is 10.6 Å². The molecule has 6 heteroatoms. The summed E-state index contributed by atoms with van der Waals surface area (Å²) in [6.45, 7) is 0. The molecule has 5 nitrogen and oxygen atoms in total. The first-order valence-electron chi connectivity index (χ1n) is 6.05. The molecular weight excluding hydrogens is 274 g/mol. The van der Waals surface area contributed by atoms with Crippen LogP contribution in [0.1, 0.15) is 0 Å². The van der Waals surface area contributed by atoms with Crippen molar-refractivity contribution in [1.29, 1.82) is 0 Å². The molecule has 0 unspecified atom stereocenters. The van der Waals surface area contributed by atoms with E-state index >= 15 is 0 Å². The van der Waals surface area contributed by atoms with Gasteiger partial charge in [-0.3, -0.25) is 10.1 Å². The molecule has 1 aromatic rings. The Kier molecular flexibility index (Phi) is 2.94. The predicted octanol–water partition coefficient (Wildman–Crippen LogP) is 2.34. The molecular formula is C14H12N3O2S+. The third-order valence-electron chi connectivity index (χ3n) is 3.08. The lowest BCUT2D eigenvalue weighted by Gasteiger charge is -2.06. The van der Waals surface area contributed by atoms with Gasteiger partial charge in [0.15, 0.2) is 5.69 Å². The Labute approximate surface area is 119 Å². The Morgan fingerprint density at radius 2 is 1.90 bits per heavy atom. The van der Waals surface area contributed by atoms with Gasteiger partial charge in [0, 0.05) is 12.1 Å². The van der Waals surface area contributed by atoms with Crippen LogP contribution in [-0.4, -0.2) is 24.0 Å². The van der Waals surface area contributed by atoms with Gasteiger partial charge in [0.1, 0.15) is 19.0 Å². The monoisotopic (exact) mass is 286 g/mol. The van der Waals surface area contributed by atoms with E-state index in [-0.39, 0.29) is 10.6 Å². The van der Waals surface area contributed by atoms with Crippen molar-refractivity contribution in [3.8, 4) is 10.6 Å². The number of nitrogens with zero attached hydrogens (tertiary/aromatic N) is 3. The minimum absolute atomic E-state index is 0.105. The summed E-state index contributed by atoms with van der Waals surface area (Å²) in [5.74, 6) is 0. The first-order chi connectivity index (χ1) is 9.58. The number of rotatable bonds is 1. The zero-order chi connectivity index (χ0) is 14.3. The molecule has 20 heavy (non-hydrogen) atoms. The van der Waals surface area contributed by atoms with Gasteiger partial charge in [0.2, 0.25) is 5.36 Å². The molecule has 0 bridgehead atoms. The average molecular weight is 286 g/mol. The van der Waals surface area contributed by atoms with Crippen molar-refractivity contribution in [2.45, 2.75) is 0 Å². The molecule has 100 valence electrons. The second kappa shape index (κ2) is 4.64. The zero-order valence-corrected chi connectivity index (χ0v) is 11.8. The Balaban J connectivity index is 2.55. The minimum Gasteiger partial charge on any atom is -0.258 e. The fourth-order valence-electron chi connectivity index (χ4n) is 2.13. The molecule has 3 rings (SSSR count). The van der Waals surface area contributed by atoms with E-state index in [2.05, 4.69) is 4.98 Å². The van der Waals surface area contributed by atoms with Gasteiger partial charge in [-0.15, -0.1) is 11.3 Å². The molecule has 0 spiro atoms. The van der Waals surface area contributed by atoms with E-state index in [9.17, 15) is 10.1 Å². The topological polar surface area (TPSA) is 59.0 Å². The van der Waals surface area contributed by atoms with E-state index in [0.717, 1.165) is 15.6 Å². The van der Waals surface area contributed by atoms with Gasteiger partial charge < -0.3 is 0 Å². The summed E-state index contributed by atoms with van der Waals surface area (Å²) in [6, 6.07) is 11.0. The van der Waals surface area contributed by atoms with Gasteiger partial charge in [-0.25, -0.2) is 9.56 Å². The van der Waals surface area contributed by atoms with Crippen LogP contribution in [-0.2, 0) is 0 Å². The van der Waals surface area contributed by atoms with Gasteiger partial charge in [0.05, 0.1) is 15.1 Å². The molecule has 0 N–H and O–H groups in total. The highest BCUT2D eigenvalue weighted by molar-refractivity contribution is 7.21. The van der Waals surface area contributed by atoms with Gasteiger partial charge in [-0.1, -0.05) is 12.1 Å². The van der Waals surface area contributed by atoms with Crippen molar-refractivity contribution < 1.29 is 4.92 Å². The average Bonchev–Trinajstić information content (AvgIpc) is 2.43. The van der Waals surface area contributed by atoms with Crippen molar-refractivity contribution in [2.75, 3.05) is 14.1 Å². The molecule has 0 radical (unpaired) electrons. The molecule has 0 amide bonds. The molecule has 1 aromatic carbocycles. The second-order valence-electron chi connectivity index (χ2n) is 4.61. The molecule has 1 heterocycles. The van der Waals surface area contributed by atoms with Crippen LogP contribution in [0.4, 0.5) is 5.69 Å². The van der Waals surface area contributed by atoms with Crippen molar-refractivity contribution in [2.24, 2.45) is 0 Å². The van der Waals surface area contributed by atoms with Gasteiger partial charge in [-0.2, -0.15) is 0 Å². The fraction of sp³-hybridized carbons (Fsp3) is 0.143. The number of nitro groups is 1. The number of hydrogen-bond donors (Lipinski definition) is 0. The molecule has 0 fully saturated rings. The maximum absolute atomic E-state index is 11.2. The summed E-state index contributed by atoms with van der Waals surface area (Å²) < 4.78 is 2.86. The first-order valence-corrected chi connectivity index (χ1v) is 6.87. The van der Waals surface area contributed by atoms with Crippen molar-refractivity contribution >= 4 is 27.2 Å². The molecule has 1 aliphatic carbocycles. The number of fused-ring (bicyclic) bond motifs is 2. The van der Waals surface area contributed by atoms with Crippen LogP contribution in [0, 0.1) is 10.1 Å². The van der Waals surface area contributed by atoms with Crippen molar-refractivity contribution in [3.63, 3.8) is 0 Å². The highest BCUT2D eigenvalue weighted by Gasteiger charge is 2.24. The maximum atomic E-state index is 11.2. The highest BCUT2D eigenvalue weighted by atomic mass is 32.1. The normalized spacial score (nSPS) is 10.9. The SMILES string of the molecule is C[N+](C)=c1ccc([N+](=O)[O-])c2sc3ccccc3nc1-2. The highest BCUT2D eigenvalue weighted by Crippen LogP contribution is 2.35. The van der Waals surface area contributed by atoms with Gasteiger partial charge in [-0.05, 0) is 12.1 Å². The standard InChI is InChI=1S/C14H12N3O2S/c1-16(2)10-7-8-11(17(18)19)14-13(10)15-9-5-3-4-6-12(9)20-14/h3-8H,1-2H3/q+1. The lowest BCUT2D eigenvalue weighted by molar-refractivity contribution is -0.384. The number of para-hydroxylation sites is 1. The summed E-state index contributed by atoms with van der Waals surface area (Å²) in [5.41, 5.74) is 1.63.